The molecule has 0 spiro atoms. The summed E-state index contributed by atoms with van der Waals surface area (Å²) in [5.74, 6) is -2.95. The summed E-state index contributed by atoms with van der Waals surface area (Å²) >= 11 is 0. The molecule has 6 N–H and O–H groups in total. The lowest BCUT2D eigenvalue weighted by atomic mass is 10.0. The predicted octanol–water partition coefficient (Wildman–Crippen LogP) is 5.60. The highest BCUT2D eigenvalue weighted by atomic mass is 16.5. The van der Waals surface area contributed by atoms with Gasteiger partial charge in [-0.3, -0.25) is 19.2 Å². The van der Waals surface area contributed by atoms with Gasteiger partial charge in [0.05, 0.1) is 13.2 Å². The maximum Gasteiger partial charge on any atom is 0.408 e. The Bertz CT molecular complexity index is 2390. The van der Waals surface area contributed by atoms with Crippen LogP contribution in [0.15, 0.2) is 146 Å². The van der Waals surface area contributed by atoms with Crippen LogP contribution in [0.2, 0.25) is 0 Å². The molecule has 0 fully saturated rings. The van der Waals surface area contributed by atoms with Crippen LogP contribution >= 0.6 is 0 Å². The lowest BCUT2D eigenvalue weighted by molar-refractivity contribution is -0.142. The smallest absolute Gasteiger partial charge is 0.408 e. The summed E-state index contributed by atoms with van der Waals surface area (Å²) in [6.07, 6.45) is 0.897. The molecular weight excluding hydrogens is 791 g/mol. The topological polar surface area (TPSA) is 197 Å². The van der Waals surface area contributed by atoms with Gasteiger partial charge in [0, 0.05) is 29.9 Å². The standard InChI is InChI=1S/C48H49N5O9/c1-32(47(57)58)50-46(56)43(31-60-28-34-13-5-2-6-14-34)52-44(54)41(25-33-21-23-38(24-22-33)61-29-35-15-7-3-8-16-35)51-45(55)42(26-37-27-49-40-20-12-11-19-39(37)40)53-48(59)62-30-36-17-9-4-10-18-36/h2-24,27,32,41-43,49H,25-26,28-31H2,1H3,(H,50,56)(H,51,55)(H,52,54)(H,53,59)(H,57,58)/t32-,41-,42+,43+/m1/s1. The van der Waals surface area contributed by atoms with E-state index in [4.69, 9.17) is 14.2 Å². The summed E-state index contributed by atoms with van der Waals surface area (Å²) in [5.41, 5.74) is 4.75. The minimum atomic E-state index is -1.35. The maximum atomic E-state index is 14.4. The molecule has 0 bridgehead atoms. The normalized spacial score (nSPS) is 12.9. The molecule has 0 radical (unpaired) electrons. The van der Waals surface area contributed by atoms with Crippen molar-refractivity contribution in [3.05, 3.63) is 174 Å². The number of hydrogen-bond donors (Lipinski definition) is 6. The van der Waals surface area contributed by atoms with Gasteiger partial charge in [0.1, 0.15) is 43.1 Å². The number of para-hydroxylation sites is 1. The molecule has 1 aromatic heterocycles. The van der Waals surface area contributed by atoms with Crippen molar-refractivity contribution >= 4 is 40.7 Å². The van der Waals surface area contributed by atoms with Crippen LogP contribution in [0.4, 0.5) is 4.79 Å². The summed E-state index contributed by atoms with van der Waals surface area (Å²) in [7, 11) is 0. The second kappa shape index (κ2) is 22.2. The molecule has 0 unspecified atom stereocenters. The second-order valence-electron chi connectivity index (χ2n) is 14.6. The highest BCUT2D eigenvalue weighted by Gasteiger charge is 2.32. The number of benzene rings is 5. The van der Waals surface area contributed by atoms with Gasteiger partial charge in [-0.1, -0.05) is 121 Å². The molecular formula is C48H49N5O9. The number of hydrogen-bond acceptors (Lipinski definition) is 8. The molecule has 320 valence electrons. The average molecular weight is 840 g/mol. The highest BCUT2D eigenvalue weighted by Crippen LogP contribution is 2.20. The van der Waals surface area contributed by atoms with E-state index in [1.807, 2.05) is 103 Å². The number of H-pyrrole nitrogens is 1. The first kappa shape index (κ1) is 44.1. The molecule has 5 aromatic carbocycles. The number of aromatic nitrogens is 1. The van der Waals surface area contributed by atoms with E-state index in [0.717, 1.165) is 33.2 Å². The van der Waals surface area contributed by atoms with Crippen LogP contribution in [0.25, 0.3) is 10.9 Å². The van der Waals surface area contributed by atoms with Gasteiger partial charge in [-0.05, 0) is 52.9 Å². The number of aromatic amines is 1. The van der Waals surface area contributed by atoms with Crippen molar-refractivity contribution in [1.29, 1.82) is 0 Å². The van der Waals surface area contributed by atoms with Crippen molar-refractivity contribution in [1.82, 2.24) is 26.3 Å². The zero-order valence-corrected chi connectivity index (χ0v) is 34.1. The van der Waals surface area contributed by atoms with Gasteiger partial charge in [0.25, 0.3) is 0 Å². The van der Waals surface area contributed by atoms with E-state index in [1.165, 1.54) is 6.92 Å². The number of rotatable bonds is 21. The van der Waals surface area contributed by atoms with Gasteiger partial charge < -0.3 is 45.6 Å². The van der Waals surface area contributed by atoms with E-state index in [0.29, 0.717) is 17.9 Å². The number of aliphatic carboxylic acids is 1. The molecule has 0 aliphatic rings. The Morgan fingerprint density at radius 2 is 1.10 bits per heavy atom. The van der Waals surface area contributed by atoms with Crippen molar-refractivity contribution in [2.24, 2.45) is 0 Å². The zero-order valence-electron chi connectivity index (χ0n) is 34.1. The first-order chi connectivity index (χ1) is 30.1. The lowest BCUT2D eigenvalue weighted by Gasteiger charge is -2.26. The molecule has 0 aliphatic heterocycles. The Hall–Kier alpha value is -7.45. The quantitative estimate of drug-likeness (QED) is 0.0535. The summed E-state index contributed by atoms with van der Waals surface area (Å²) < 4.78 is 17.3. The third-order valence-electron chi connectivity index (χ3n) is 9.92. The molecule has 14 heteroatoms. The van der Waals surface area contributed by atoms with E-state index in [1.54, 1.807) is 42.6 Å². The van der Waals surface area contributed by atoms with E-state index in [-0.39, 0.29) is 32.7 Å². The summed E-state index contributed by atoms with van der Waals surface area (Å²) in [6, 6.07) is 37.3. The number of amides is 4. The fraction of sp³-hybridized carbons (Fsp3) is 0.229. The van der Waals surface area contributed by atoms with Gasteiger partial charge >= 0.3 is 12.1 Å². The Balaban J connectivity index is 1.24. The molecule has 6 aromatic rings. The lowest BCUT2D eigenvalue weighted by Crippen LogP contribution is -2.59. The van der Waals surface area contributed by atoms with Gasteiger partial charge in [0.2, 0.25) is 17.7 Å². The number of carboxylic acid groups (broad SMARTS) is 1. The molecule has 0 aliphatic carbocycles. The number of ether oxygens (including phenoxy) is 3. The van der Waals surface area contributed by atoms with E-state index >= 15 is 0 Å². The van der Waals surface area contributed by atoms with Crippen molar-refractivity contribution in [3.63, 3.8) is 0 Å². The fourth-order valence-electron chi connectivity index (χ4n) is 6.52. The van der Waals surface area contributed by atoms with Gasteiger partial charge in [-0.2, -0.15) is 0 Å². The first-order valence-electron chi connectivity index (χ1n) is 20.1. The van der Waals surface area contributed by atoms with Crippen molar-refractivity contribution < 1.29 is 43.3 Å². The molecule has 4 atom stereocenters. The number of carbonyl (C=O) groups excluding carboxylic acids is 4. The summed E-state index contributed by atoms with van der Waals surface area (Å²) in [6.45, 7) is 1.39. The van der Waals surface area contributed by atoms with Crippen LogP contribution in [0.3, 0.4) is 0 Å². The Morgan fingerprint density at radius 3 is 1.73 bits per heavy atom. The predicted molar refractivity (Wildman–Crippen MR) is 232 cm³/mol. The number of nitrogens with one attached hydrogen (secondary N) is 5. The largest absolute Gasteiger partial charge is 0.489 e. The Labute approximate surface area is 359 Å². The highest BCUT2D eigenvalue weighted by molar-refractivity contribution is 5.95. The van der Waals surface area contributed by atoms with Gasteiger partial charge in [-0.25, -0.2) is 4.79 Å². The van der Waals surface area contributed by atoms with Gasteiger partial charge in [0.15, 0.2) is 0 Å². The van der Waals surface area contributed by atoms with Crippen LogP contribution in [0.5, 0.6) is 5.75 Å². The van der Waals surface area contributed by atoms with Crippen molar-refractivity contribution in [3.8, 4) is 5.75 Å². The number of alkyl carbamates (subject to hydrolysis) is 1. The van der Waals surface area contributed by atoms with Crippen LogP contribution in [0.1, 0.15) is 34.7 Å². The van der Waals surface area contributed by atoms with Crippen LogP contribution in [-0.2, 0) is 61.3 Å². The van der Waals surface area contributed by atoms with E-state index in [9.17, 15) is 29.1 Å². The monoisotopic (exact) mass is 839 g/mol. The molecule has 0 saturated carbocycles. The zero-order chi connectivity index (χ0) is 43.7. The van der Waals surface area contributed by atoms with Crippen LogP contribution in [-0.4, -0.2) is 70.6 Å². The van der Waals surface area contributed by atoms with Crippen LogP contribution < -0.4 is 26.0 Å². The van der Waals surface area contributed by atoms with Crippen molar-refractivity contribution in [2.45, 2.75) is 63.8 Å². The third-order valence-corrected chi connectivity index (χ3v) is 9.92. The molecule has 0 saturated heterocycles. The third kappa shape index (κ3) is 13.3. The molecule has 62 heavy (non-hydrogen) atoms. The molecule has 6 rings (SSSR count). The minimum absolute atomic E-state index is 0.0313. The molecule has 4 amide bonds. The Morgan fingerprint density at radius 1 is 0.565 bits per heavy atom. The SMILES string of the molecule is C[C@@H](NC(=O)[C@H](COCc1ccccc1)NC(=O)[C@@H](Cc1ccc(OCc2ccccc2)cc1)NC(=O)[C@H](Cc1c[nH]c2ccccc12)NC(=O)OCc1ccccc1)C(=O)O. The van der Waals surface area contributed by atoms with Crippen LogP contribution in [0, 0.1) is 0 Å². The molecule has 14 nitrogen and oxygen atoms in total. The minimum Gasteiger partial charge on any atom is -0.489 e. The number of carbonyl (C=O) groups is 5. The number of fused-ring (bicyclic) bond motifs is 1. The second-order valence-corrected chi connectivity index (χ2v) is 14.6. The fourth-order valence-corrected chi connectivity index (χ4v) is 6.52. The first-order valence-corrected chi connectivity index (χ1v) is 20.1. The molecule has 1 heterocycles. The average Bonchev–Trinajstić information content (AvgIpc) is 3.70. The Kier molecular flexibility index (Phi) is 15.8. The summed E-state index contributed by atoms with van der Waals surface area (Å²) in [4.78, 5) is 70.3. The number of carboxylic acids is 1. The van der Waals surface area contributed by atoms with E-state index < -0.39 is 54.0 Å². The summed E-state index contributed by atoms with van der Waals surface area (Å²) in [5, 5.41) is 20.9. The maximum absolute atomic E-state index is 14.4. The van der Waals surface area contributed by atoms with E-state index in [2.05, 4.69) is 26.3 Å². The van der Waals surface area contributed by atoms with Crippen molar-refractivity contribution in [2.75, 3.05) is 6.61 Å². The van der Waals surface area contributed by atoms with Gasteiger partial charge in [-0.15, -0.1) is 0 Å².